The van der Waals surface area contributed by atoms with Crippen molar-refractivity contribution in [2.24, 2.45) is 0 Å². The number of carbonyl (C=O) groups excluding carboxylic acids is 6. The lowest BCUT2D eigenvalue weighted by molar-refractivity contribution is -0.404. The van der Waals surface area contributed by atoms with Crippen molar-refractivity contribution in [1.82, 2.24) is 31.9 Å². The molecule has 0 spiro atoms. The molecule has 11 saturated heterocycles. The van der Waals surface area contributed by atoms with Crippen molar-refractivity contribution in [3.8, 4) is 0 Å². The van der Waals surface area contributed by atoms with Crippen LogP contribution in [-0.4, -0.2) is 582 Å². The van der Waals surface area contributed by atoms with Crippen LogP contribution < -0.4 is 31.9 Å². The molecule has 61 heteroatoms. The van der Waals surface area contributed by atoms with Gasteiger partial charge in [0, 0.05) is 41.5 Å². The van der Waals surface area contributed by atoms with Crippen LogP contribution in [0.3, 0.4) is 0 Å². The summed E-state index contributed by atoms with van der Waals surface area (Å²) in [5, 5.41) is 333. The van der Waals surface area contributed by atoms with Gasteiger partial charge < -0.3 is 274 Å². The highest BCUT2D eigenvalue weighted by atomic mass is 16.8. The quantitative estimate of drug-likeness (QED) is 0.0277. The molecule has 0 aromatic heterocycles. The largest absolute Gasteiger partial charge is 0.394 e. The van der Waals surface area contributed by atoms with Crippen molar-refractivity contribution in [3.05, 3.63) is 0 Å². The summed E-state index contributed by atoms with van der Waals surface area (Å²) < 4.78 is 127. The molecule has 139 heavy (non-hydrogen) atoms. The summed E-state index contributed by atoms with van der Waals surface area (Å²) in [6.45, 7) is -4.59. The number of carbonyl (C=O) groups is 6. The minimum atomic E-state index is -2.77. The van der Waals surface area contributed by atoms with Gasteiger partial charge in [-0.25, -0.2) is 0 Å². The van der Waals surface area contributed by atoms with Crippen LogP contribution in [-0.2, 0) is 128 Å². The Morgan fingerprint density at radius 3 is 0.950 bits per heavy atom. The van der Waals surface area contributed by atoms with Gasteiger partial charge in [0.05, 0.1) is 72.2 Å². The van der Waals surface area contributed by atoms with Gasteiger partial charge in [-0.05, 0) is 6.92 Å². The molecule has 11 heterocycles. The van der Waals surface area contributed by atoms with Crippen LogP contribution in [0.15, 0.2) is 0 Å². The van der Waals surface area contributed by atoms with Crippen molar-refractivity contribution >= 4 is 35.4 Å². The summed E-state index contributed by atoms with van der Waals surface area (Å²) in [4.78, 5) is 77.8. The van der Waals surface area contributed by atoms with Crippen LogP contribution in [0.2, 0.25) is 0 Å². The zero-order chi connectivity index (χ0) is 102. The molecule has 0 saturated carbocycles. The summed E-state index contributed by atoms with van der Waals surface area (Å²) in [5.74, 6) is -5.70. The molecular formula is C78H130N6O55. The van der Waals surface area contributed by atoms with Crippen molar-refractivity contribution in [2.75, 3.05) is 66.1 Å². The first-order valence-electron chi connectivity index (χ1n) is 44.5. The number of rotatable bonds is 36. The molecule has 802 valence electrons. The molecule has 11 aliphatic rings. The molecule has 0 unspecified atom stereocenters. The van der Waals surface area contributed by atoms with Gasteiger partial charge in [-0.2, -0.15) is 0 Å². The van der Waals surface area contributed by atoms with Gasteiger partial charge in [-0.3, -0.25) is 28.8 Å². The molecule has 11 aliphatic heterocycles. The number of aliphatic hydroxyl groups excluding tert-OH is 28. The number of amides is 6. The number of hydrogen-bond donors (Lipinski definition) is 34. The summed E-state index contributed by atoms with van der Waals surface area (Å²) in [6.07, 6.45) is -105. The van der Waals surface area contributed by atoms with E-state index in [0.29, 0.717) is 0 Å². The van der Waals surface area contributed by atoms with E-state index in [4.69, 9.17) is 99.5 Å². The Bertz CT molecular complexity index is 3900. The lowest BCUT2D eigenvalue weighted by Crippen LogP contribution is -2.71. The van der Waals surface area contributed by atoms with E-state index in [1.54, 1.807) is 0 Å². The smallest absolute Gasteiger partial charge is 0.217 e. The zero-order valence-corrected chi connectivity index (χ0v) is 75.4. The fourth-order valence-corrected chi connectivity index (χ4v) is 18.0. The topological polar surface area (TPSA) is 935 Å². The van der Waals surface area contributed by atoms with E-state index in [0.717, 1.165) is 41.5 Å². The summed E-state index contributed by atoms with van der Waals surface area (Å²) in [5.41, 5.74) is 0. The van der Waals surface area contributed by atoms with E-state index in [1.165, 1.54) is 6.92 Å². The third-order valence-electron chi connectivity index (χ3n) is 25.3. The van der Waals surface area contributed by atoms with Gasteiger partial charge in [0.25, 0.3) is 0 Å². The average Bonchev–Trinajstić information content (AvgIpc) is 0.752. The Hall–Kier alpha value is -5.14. The van der Waals surface area contributed by atoms with E-state index in [1.807, 2.05) is 0 Å². The van der Waals surface area contributed by atoms with Gasteiger partial charge in [-0.15, -0.1) is 0 Å². The van der Waals surface area contributed by atoms with E-state index in [2.05, 4.69) is 31.9 Å². The average molecular weight is 2030 g/mol. The minimum absolute atomic E-state index is 0.840. The second kappa shape index (κ2) is 50.0. The second-order valence-corrected chi connectivity index (χ2v) is 35.3. The van der Waals surface area contributed by atoms with Crippen LogP contribution in [0.4, 0.5) is 0 Å². The lowest BCUT2D eigenvalue weighted by Gasteiger charge is -2.52. The van der Waals surface area contributed by atoms with Crippen LogP contribution in [0.25, 0.3) is 0 Å². The molecule has 11 rings (SSSR count). The molecule has 6 amide bonds. The van der Waals surface area contributed by atoms with E-state index < -0.39 is 439 Å². The number of aliphatic hydroxyl groups is 28. The molecule has 0 aliphatic carbocycles. The minimum Gasteiger partial charge on any atom is -0.394 e. The molecule has 55 atom stereocenters. The summed E-state index contributed by atoms with van der Waals surface area (Å²) >= 11 is 0. The summed E-state index contributed by atoms with van der Waals surface area (Å²) in [6, 6.07) is -11.5. The molecule has 34 N–H and O–H groups in total. The normalized spacial score (nSPS) is 48.3. The Balaban J connectivity index is 0.999. The second-order valence-electron chi connectivity index (χ2n) is 35.3. The van der Waals surface area contributed by atoms with Crippen molar-refractivity contribution in [2.45, 2.75) is 386 Å². The Morgan fingerprint density at radius 1 is 0.201 bits per heavy atom. The van der Waals surface area contributed by atoms with Crippen molar-refractivity contribution < 1.29 is 271 Å². The predicted molar refractivity (Wildman–Crippen MR) is 430 cm³/mol. The molecule has 0 radical (unpaired) electrons. The third kappa shape index (κ3) is 26.0. The lowest BCUT2D eigenvalue weighted by atomic mass is 9.93. The molecule has 0 bridgehead atoms. The Kier molecular flexibility index (Phi) is 41.1. The molecular weight excluding hydrogens is 1900 g/mol. The standard InChI is InChI=1S/C78H130N6O55/c1-18-41(98)54(111)57(114)74(122-18)120-17-34-63(52(109)35(68(118)123-34)79-19(2)92)134-72-39(83-23(6)96)53(110)61(30(13-90)129-72)135-76-60(117)65(48(105)33(131-76)16-121-77-66(138-70-37(81-21(4)94)50(107)43(100)26(9-86)125-70)56(113)46(103)32(132-77)15-119-69-36(80-20(3)93)49(106)42(99)25(8-85)124-69)137-78-67(139-71-38(82-22(5)95)51(108)44(101)27(10-87)126-71)59(116)62(31(14-91)130-78)133-73-40(84-24(7)97)64(47(104)29(12-89)127-73)136-75-58(115)55(112)45(102)28(11-88)128-75/h18,25-78,85-91,98-118H,8-17H2,1-7H3,(H,79,92)(H,80,93)(H,81,94)(H,82,95)(H,83,96)(H,84,97)/t18-,25+,26+,27+,28+,29+,30+,31+,32+,33+,34+,35+,36+,37+,38+,39+,40+,41+,42+,43+,44+,45-,46+,47+,48+,49+,50+,51+,52+,53+,54+,55-,56-,57-,58+,59-,60-,61+,62+,63+,64+,65-,66-,67-,68+,69+,70-,71-,72-,73-,74+,75-,76-,77-,78+/m0/s1. The van der Waals surface area contributed by atoms with Gasteiger partial charge in [0.15, 0.2) is 69.2 Å². The maximum Gasteiger partial charge on any atom is 0.217 e. The molecule has 11 fully saturated rings. The first-order valence-corrected chi connectivity index (χ1v) is 44.5. The highest BCUT2D eigenvalue weighted by Gasteiger charge is 2.63. The van der Waals surface area contributed by atoms with Gasteiger partial charge in [-0.1, -0.05) is 0 Å². The number of nitrogens with one attached hydrogen (secondary N) is 6. The maximum absolute atomic E-state index is 13.5. The predicted octanol–water partition coefficient (Wildman–Crippen LogP) is -23.1. The monoisotopic (exact) mass is 2030 g/mol. The molecule has 0 aromatic carbocycles. The zero-order valence-electron chi connectivity index (χ0n) is 75.4. The van der Waals surface area contributed by atoms with Crippen molar-refractivity contribution in [3.63, 3.8) is 0 Å². The SMILES string of the molecule is CC(=O)N[C@@H]1[C@@H](O)[C@H](O[C@@H]2O[C@H](CO)[C@@H](O[C@@H]3O[C@H](CO[C@H]4O[C@H](CO[C@@H]5O[C@H](CO)[C@@H](O)[C@H](O)[C@H]5NC(C)=O)[C@@H](O)[C@H](O)[C@@H]4O[C@@H]4O[C@H](CO)[C@@H](O)[C@H](O)[C@H]4NC(C)=O)[C@@H](O)[C@H](O[C@H]4O[C@H](CO)[C@@H](O[C@@H]5O[C@H](CO)[C@@H](O)[C@H](O[C@@H]6O[C@H](CO)[C@H](O)[C@H](O)[C@H]6O)[C@H]5NC(C)=O)[C@H](O)[C@@H]4O[C@@H]4O[C@H](CO)[C@@H](O)[C@H](O)[C@H]4NC(C)=O)[C@@H]3O)[C@H](O)[C@H]2NC(C)=O)[C@@H](CO[C@@H]2O[C@@H](C)[C@@H](O)[C@@H](O)[C@@H]2O)O[C@H]1O. The molecule has 0 aromatic rings. The summed E-state index contributed by atoms with van der Waals surface area (Å²) in [7, 11) is 0. The first-order chi connectivity index (χ1) is 65.6. The highest BCUT2D eigenvalue weighted by Crippen LogP contribution is 2.42. The third-order valence-corrected chi connectivity index (χ3v) is 25.3. The van der Waals surface area contributed by atoms with Gasteiger partial charge >= 0.3 is 0 Å². The van der Waals surface area contributed by atoms with E-state index in [-0.39, 0.29) is 0 Å². The van der Waals surface area contributed by atoms with Crippen LogP contribution in [0.1, 0.15) is 48.5 Å². The number of ether oxygens (including phenoxy) is 21. The van der Waals surface area contributed by atoms with Crippen LogP contribution >= 0.6 is 0 Å². The van der Waals surface area contributed by atoms with Gasteiger partial charge in [0.2, 0.25) is 35.4 Å². The number of hydrogen-bond acceptors (Lipinski definition) is 55. The highest BCUT2D eigenvalue weighted by molar-refractivity contribution is 5.75. The fraction of sp³-hybridized carbons (Fsp3) is 0.923. The van der Waals surface area contributed by atoms with Crippen molar-refractivity contribution in [1.29, 1.82) is 0 Å². The molecule has 61 nitrogen and oxygen atoms in total. The fourth-order valence-electron chi connectivity index (χ4n) is 18.0. The first kappa shape index (κ1) is 114. The Labute approximate surface area is 788 Å². The Morgan fingerprint density at radius 2 is 0.475 bits per heavy atom. The van der Waals surface area contributed by atoms with E-state index >= 15 is 0 Å². The van der Waals surface area contributed by atoms with E-state index in [9.17, 15) is 172 Å². The van der Waals surface area contributed by atoms with Crippen LogP contribution in [0.5, 0.6) is 0 Å². The van der Waals surface area contributed by atoms with Crippen LogP contribution in [0, 0.1) is 0 Å². The van der Waals surface area contributed by atoms with Gasteiger partial charge in [0.1, 0.15) is 262 Å². The maximum atomic E-state index is 13.5.